The van der Waals surface area contributed by atoms with Gasteiger partial charge in [-0.05, 0) is 70.8 Å². The fraction of sp³-hybridized carbons (Fsp3) is 0. The highest BCUT2D eigenvalue weighted by molar-refractivity contribution is 6.12. The molecule has 0 saturated heterocycles. The lowest BCUT2D eigenvalue weighted by atomic mass is 9.91. The zero-order valence-electron chi connectivity index (χ0n) is 29.4. The number of rotatable bonds is 4. The summed E-state index contributed by atoms with van der Waals surface area (Å²) in [5.74, 6) is 0. The molecule has 12 rings (SSSR count). The van der Waals surface area contributed by atoms with Gasteiger partial charge in [-0.2, -0.15) is 0 Å². The van der Waals surface area contributed by atoms with E-state index in [1.807, 2.05) is 54.6 Å². The van der Waals surface area contributed by atoms with Crippen LogP contribution in [-0.4, -0.2) is 14.4 Å². The van der Waals surface area contributed by atoms with Crippen LogP contribution in [0.2, 0.25) is 0 Å². The van der Waals surface area contributed by atoms with E-state index in [-0.39, 0.29) is 0 Å². The smallest absolute Gasteiger partial charge is 0.143 e. The van der Waals surface area contributed by atoms with Crippen molar-refractivity contribution in [3.8, 4) is 44.6 Å². The normalized spacial score (nSPS) is 12.0. The van der Waals surface area contributed by atoms with Gasteiger partial charge >= 0.3 is 0 Å². The molecule has 0 unspecified atom stereocenters. The molecular formula is C50H29N3O2. The molecule has 0 spiro atoms. The molecule has 5 heterocycles. The van der Waals surface area contributed by atoms with Gasteiger partial charge in [0.05, 0.1) is 16.7 Å². The van der Waals surface area contributed by atoms with E-state index >= 15 is 0 Å². The van der Waals surface area contributed by atoms with Gasteiger partial charge in [0.15, 0.2) is 0 Å². The molecule has 0 aliphatic heterocycles. The molecule has 0 N–H and O–H groups in total. The number of para-hydroxylation sites is 5. The fourth-order valence-electron chi connectivity index (χ4n) is 8.43. The van der Waals surface area contributed by atoms with Gasteiger partial charge in [-0.25, -0.2) is 9.97 Å². The van der Waals surface area contributed by atoms with E-state index < -0.39 is 0 Å². The molecule has 0 radical (unpaired) electrons. The summed E-state index contributed by atoms with van der Waals surface area (Å²) in [4.78, 5) is 10.3. The van der Waals surface area contributed by atoms with Crippen molar-refractivity contribution < 1.29 is 8.83 Å². The molecule has 5 nitrogen and oxygen atoms in total. The topological polar surface area (TPSA) is 56.5 Å². The molecule has 0 amide bonds. The molecule has 7 aromatic carbocycles. The Bertz CT molecular complexity index is 3360. The lowest BCUT2D eigenvalue weighted by molar-refractivity contribution is 0.670. The van der Waals surface area contributed by atoms with Crippen molar-refractivity contribution in [2.75, 3.05) is 0 Å². The van der Waals surface area contributed by atoms with Crippen LogP contribution < -0.4 is 0 Å². The average molecular weight is 704 g/mol. The Morgan fingerprint density at radius 1 is 0.400 bits per heavy atom. The molecule has 12 aromatic rings. The first-order valence-corrected chi connectivity index (χ1v) is 18.5. The summed E-state index contributed by atoms with van der Waals surface area (Å²) in [5.41, 5.74) is 15.6. The van der Waals surface area contributed by atoms with Crippen LogP contribution >= 0.6 is 0 Å². The number of hydrogen-bond acceptors (Lipinski definition) is 4. The van der Waals surface area contributed by atoms with Gasteiger partial charge in [0.25, 0.3) is 0 Å². The maximum Gasteiger partial charge on any atom is 0.143 e. The van der Waals surface area contributed by atoms with Crippen molar-refractivity contribution in [1.29, 1.82) is 0 Å². The zero-order chi connectivity index (χ0) is 36.0. The molecule has 0 saturated carbocycles. The summed E-state index contributed by atoms with van der Waals surface area (Å²) >= 11 is 0. The standard InChI is InChI=1S/C50H29N3O2/c1-4-18-42-41(13-1)47-48(53-26-8-7-21-45(53)52-47)46(51-42)31-24-22-30(23-25-31)32-27-33(35-14-9-16-39-37-11-2-5-19-43(37)54-49(35)39)29-34(28-32)36-15-10-17-40-38-12-3-6-20-44(38)55-50(36)40/h1-29H. The Hall–Kier alpha value is -7.50. The van der Waals surface area contributed by atoms with Crippen LogP contribution in [-0.2, 0) is 0 Å². The van der Waals surface area contributed by atoms with Gasteiger partial charge in [-0.15, -0.1) is 0 Å². The van der Waals surface area contributed by atoms with Crippen LogP contribution in [0.3, 0.4) is 0 Å². The first-order valence-electron chi connectivity index (χ1n) is 18.5. The number of fused-ring (bicyclic) bond motifs is 11. The van der Waals surface area contributed by atoms with E-state index in [9.17, 15) is 0 Å². The van der Waals surface area contributed by atoms with E-state index in [0.29, 0.717) is 0 Å². The summed E-state index contributed by atoms with van der Waals surface area (Å²) < 4.78 is 15.3. The van der Waals surface area contributed by atoms with Crippen LogP contribution in [0, 0.1) is 0 Å². The van der Waals surface area contributed by atoms with E-state index in [2.05, 4.69) is 126 Å². The summed E-state index contributed by atoms with van der Waals surface area (Å²) in [5, 5.41) is 5.47. The van der Waals surface area contributed by atoms with Crippen LogP contribution in [0.4, 0.5) is 0 Å². The molecule has 55 heavy (non-hydrogen) atoms. The Balaban J connectivity index is 1.07. The van der Waals surface area contributed by atoms with E-state index in [1.54, 1.807) is 0 Å². The number of hydrogen-bond donors (Lipinski definition) is 0. The Morgan fingerprint density at radius 2 is 0.945 bits per heavy atom. The average Bonchev–Trinajstić information content (AvgIpc) is 3.95. The molecule has 256 valence electrons. The van der Waals surface area contributed by atoms with E-state index in [1.165, 1.54) is 0 Å². The number of benzene rings is 7. The zero-order valence-corrected chi connectivity index (χ0v) is 29.4. The highest BCUT2D eigenvalue weighted by atomic mass is 16.3. The van der Waals surface area contributed by atoms with Crippen molar-refractivity contribution >= 4 is 71.5 Å². The predicted octanol–water partition coefficient (Wildman–Crippen LogP) is 13.5. The monoisotopic (exact) mass is 703 g/mol. The molecule has 0 aliphatic carbocycles. The van der Waals surface area contributed by atoms with Gasteiger partial charge < -0.3 is 8.83 Å². The van der Waals surface area contributed by atoms with Crippen LogP contribution in [0.25, 0.3) is 116 Å². The SMILES string of the molecule is c1ccc2c(c1)nc(-c1ccc(-c3cc(-c4cccc5c4oc4ccccc45)cc(-c4cccc5c4oc4ccccc45)c3)cc1)c1c2nc2ccccn21. The summed E-state index contributed by atoms with van der Waals surface area (Å²) in [7, 11) is 0. The van der Waals surface area contributed by atoms with E-state index in [0.717, 1.165) is 116 Å². The first-order chi connectivity index (χ1) is 27.2. The number of aromatic nitrogens is 3. The minimum absolute atomic E-state index is 0.878. The lowest BCUT2D eigenvalue weighted by Gasteiger charge is -2.13. The van der Waals surface area contributed by atoms with Crippen LogP contribution in [0.1, 0.15) is 0 Å². The third-order valence-corrected chi connectivity index (χ3v) is 11.0. The third-order valence-electron chi connectivity index (χ3n) is 11.0. The second-order valence-electron chi connectivity index (χ2n) is 14.2. The maximum atomic E-state index is 6.56. The van der Waals surface area contributed by atoms with E-state index in [4.69, 9.17) is 18.8 Å². The fourth-order valence-corrected chi connectivity index (χ4v) is 8.43. The Morgan fingerprint density at radius 3 is 1.62 bits per heavy atom. The summed E-state index contributed by atoms with van der Waals surface area (Å²) in [6.07, 6.45) is 2.07. The Labute approximate surface area is 314 Å². The maximum absolute atomic E-state index is 6.56. The van der Waals surface area contributed by atoms with Gasteiger partial charge in [0.2, 0.25) is 0 Å². The number of pyridine rings is 2. The first kappa shape index (κ1) is 30.0. The van der Waals surface area contributed by atoms with Gasteiger partial charge in [-0.1, -0.05) is 121 Å². The molecule has 5 aromatic heterocycles. The largest absolute Gasteiger partial charge is 0.455 e. The van der Waals surface area contributed by atoms with Gasteiger partial charge in [0, 0.05) is 49.8 Å². The molecule has 0 atom stereocenters. The van der Waals surface area contributed by atoms with Gasteiger partial charge in [0.1, 0.15) is 33.5 Å². The minimum Gasteiger partial charge on any atom is -0.455 e. The van der Waals surface area contributed by atoms with Crippen molar-refractivity contribution in [3.63, 3.8) is 0 Å². The molecular weight excluding hydrogens is 675 g/mol. The Kier molecular flexibility index (Phi) is 6.27. The van der Waals surface area contributed by atoms with Crippen molar-refractivity contribution in [2.24, 2.45) is 0 Å². The molecule has 5 heteroatoms. The van der Waals surface area contributed by atoms with Gasteiger partial charge in [-0.3, -0.25) is 4.40 Å². The lowest BCUT2D eigenvalue weighted by Crippen LogP contribution is -1.92. The predicted molar refractivity (Wildman–Crippen MR) is 224 cm³/mol. The van der Waals surface area contributed by atoms with Crippen LogP contribution in [0.5, 0.6) is 0 Å². The number of nitrogens with zero attached hydrogens (tertiary/aromatic N) is 3. The quantitative estimate of drug-likeness (QED) is 0.183. The van der Waals surface area contributed by atoms with Crippen molar-refractivity contribution in [1.82, 2.24) is 14.4 Å². The summed E-state index contributed by atoms with van der Waals surface area (Å²) in [6.45, 7) is 0. The second-order valence-corrected chi connectivity index (χ2v) is 14.2. The number of imidazole rings is 1. The van der Waals surface area contributed by atoms with Crippen molar-refractivity contribution in [2.45, 2.75) is 0 Å². The molecule has 0 bridgehead atoms. The number of furan rings is 2. The third kappa shape index (κ3) is 4.53. The minimum atomic E-state index is 0.878. The molecule has 0 fully saturated rings. The highest BCUT2D eigenvalue weighted by Crippen LogP contribution is 2.42. The summed E-state index contributed by atoms with van der Waals surface area (Å²) in [6, 6.07) is 59.3. The molecule has 0 aliphatic rings. The van der Waals surface area contributed by atoms with Crippen LogP contribution in [0.15, 0.2) is 185 Å². The second kappa shape index (κ2) is 11.5. The highest BCUT2D eigenvalue weighted by Gasteiger charge is 2.19. The van der Waals surface area contributed by atoms with Crippen molar-refractivity contribution in [3.05, 3.63) is 176 Å².